The van der Waals surface area contributed by atoms with E-state index in [1.807, 2.05) is 49.1 Å². The van der Waals surface area contributed by atoms with Crippen LogP contribution < -0.4 is 4.72 Å². The molecule has 0 aliphatic carbocycles. The fraction of sp³-hybridized carbons (Fsp3) is 0.381. The number of para-hydroxylation sites is 1. The molecule has 0 atom stereocenters. The second-order valence-corrected chi connectivity index (χ2v) is 8.63. The Bertz CT molecular complexity index is 921. The van der Waals surface area contributed by atoms with Gasteiger partial charge in [-0.1, -0.05) is 37.3 Å². The van der Waals surface area contributed by atoms with Crippen LogP contribution >= 0.6 is 0 Å². The molecule has 3 rings (SSSR count). The van der Waals surface area contributed by atoms with Gasteiger partial charge in [0.25, 0.3) is 10.0 Å². The second kappa shape index (κ2) is 8.13. The molecule has 27 heavy (non-hydrogen) atoms. The van der Waals surface area contributed by atoms with E-state index in [4.69, 9.17) is 0 Å². The number of sulfonamides is 1. The summed E-state index contributed by atoms with van der Waals surface area (Å²) in [4.78, 5) is 13.8. The molecule has 1 saturated heterocycles. The number of anilines is 1. The highest BCUT2D eigenvalue weighted by Crippen LogP contribution is 2.25. The van der Waals surface area contributed by atoms with E-state index >= 15 is 0 Å². The standard InChI is InChI=1S/C21H26N2O3S/c1-3-18-7-4-6-16(2)21(18)22-27(25,26)19-11-9-17(10-12-19)13-15-23-14-5-8-20(23)24/h4,6-7,9-12,22H,3,5,8,13-15H2,1-2H3. The van der Waals surface area contributed by atoms with E-state index in [0.29, 0.717) is 18.7 Å². The fourth-order valence-electron chi connectivity index (χ4n) is 3.40. The number of aryl methyl sites for hydroxylation is 2. The molecule has 1 aliphatic rings. The van der Waals surface area contributed by atoms with Crippen LogP contribution in [0.1, 0.15) is 36.5 Å². The second-order valence-electron chi connectivity index (χ2n) is 6.95. The summed E-state index contributed by atoms with van der Waals surface area (Å²) in [6, 6.07) is 12.7. The Morgan fingerprint density at radius 3 is 2.48 bits per heavy atom. The molecule has 0 radical (unpaired) electrons. The van der Waals surface area contributed by atoms with Crippen LogP contribution in [-0.4, -0.2) is 32.3 Å². The van der Waals surface area contributed by atoms with Gasteiger partial charge in [-0.25, -0.2) is 8.42 Å². The van der Waals surface area contributed by atoms with E-state index in [9.17, 15) is 13.2 Å². The highest BCUT2D eigenvalue weighted by Gasteiger charge is 2.20. The molecular weight excluding hydrogens is 360 g/mol. The van der Waals surface area contributed by atoms with Gasteiger partial charge in [0.1, 0.15) is 0 Å². The molecule has 1 fully saturated rings. The molecule has 0 aromatic heterocycles. The van der Waals surface area contributed by atoms with E-state index in [0.717, 1.165) is 42.5 Å². The molecule has 1 aliphatic heterocycles. The fourth-order valence-corrected chi connectivity index (χ4v) is 4.58. The van der Waals surface area contributed by atoms with Crippen molar-refractivity contribution < 1.29 is 13.2 Å². The van der Waals surface area contributed by atoms with E-state index in [1.165, 1.54) is 0 Å². The summed E-state index contributed by atoms with van der Waals surface area (Å²) in [6.07, 6.45) is 3.06. The first-order chi connectivity index (χ1) is 12.9. The zero-order valence-corrected chi connectivity index (χ0v) is 16.7. The average molecular weight is 387 g/mol. The Kier molecular flexibility index (Phi) is 5.85. The van der Waals surface area contributed by atoms with Crippen LogP contribution in [0.15, 0.2) is 47.4 Å². The van der Waals surface area contributed by atoms with Crippen molar-refractivity contribution in [2.75, 3.05) is 17.8 Å². The first kappa shape index (κ1) is 19.4. The molecule has 1 heterocycles. The lowest BCUT2D eigenvalue weighted by Gasteiger charge is -2.16. The maximum absolute atomic E-state index is 12.8. The summed E-state index contributed by atoms with van der Waals surface area (Å²) in [5.41, 5.74) is 3.57. The number of amides is 1. The minimum absolute atomic E-state index is 0.211. The molecule has 0 spiro atoms. The molecular formula is C21H26N2O3S. The maximum atomic E-state index is 12.8. The van der Waals surface area contributed by atoms with Crippen molar-refractivity contribution in [2.24, 2.45) is 0 Å². The molecule has 0 saturated carbocycles. The molecule has 1 amide bonds. The average Bonchev–Trinajstić information content (AvgIpc) is 3.07. The van der Waals surface area contributed by atoms with Crippen LogP contribution in [0, 0.1) is 6.92 Å². The summed E-state index contributed by atoms with van der Waals surface area (Å²) in [5, 5.41) is 0. The normalized spacial score (nSPS) is 14.6. The largest absolute Gasteiger partial charge is 0.342 e. The zero-order valence-electron chi connectivity index (χ0n) is 15.9. The van der Waals surface area contributed by atoms with Crippen molar-refractivity contribution in [3.63, 3.8) is 0 Å². The van der Waals surface area contributed by atoms with Crippen LogP contribution in [0.5, 0.6) is 0 Å². The van der Waals surface area contributed by atoms with Crippen LogP contribution in [-0.2, 0) is 27.7 Å². The number of likely N-dealkylation sites (tertiary alicyclic amines) is 1. The van der Waals surface area contributed by atoms with Gasteiger partial charge in [0.05, 0.1) is 10.6 Å². The number of benzene rings is 2. The predicted octanol–water partition coefficient (Wildman–Crippen LogP) is 3.52. The van der Waals surface area contributed by atoms with Crippen molar-refractivity contribution in [1.29, 1.82) is 0 Å². The summed E-state index contributed by atoms with van der Waals surface area (Å²) in [6.45, 7) is 5.42. The lowest BCUT2D eigenvalue weighted by Crippen LogP contribution is -2.26. The SMILES string of the molecule is CCc1cccc(C)c1NS(=O)(=O)c1ccc(CCN2CCCC2=O)cc1. The van der Waals surface area contributed by atoms with E-state index in [-0.39, 0.29) is 10.8 Å². The van der Waals surface area contributed by atoms with Crippen LogP contribution in [0.4, 0.5) is 5.69 Å². The summed E-state index contributed by atoms with van der Waals surface area (Å²) in [5.74, 6) is 0.211. The Morgan fingerprint density at radius 2 is 1.85 bits per heavy atom. The third-order valence-electron chi connectivity index (χ3n) is 5.05. The Hall–Kier alpha value is -2.34. The Labute approximate surface area is 161 Å². The summed E-state index contributed by atoms with van der Waals surface area (Å²) < 4.78 is 28.3. The molecule has 2 aromatic carbocycles. The Morgan fingerprint density at radius 1 is 1.11 bits per heavy atom. The number of nitrogens with one attached hydrogen (secondary N) is 1. The maximum Gasteiger partial charge on any atom is 0.261 e. The molecule has 1 N–H and O–H groups in total. The zero-order chi connectivity index (χ0) is 19.4. The topological polar surface area (TPSA) is 66.5 Å². The number of rotatable bonds is 7. The highest BCUT2D eigenvalue weighted by molar-refractivity contribution is 7.92. The van der Waals surface area contributed by atoms with Crippen LogP contribution in [0.3, 0.4) is 0 Å². The van der Waals surface area contributed by atoms with E-state index < -0.39 is 10.0 Å². The third-order valence-corrected chi connectivity index (χ3v) is 6.42. The smallest absolute Gasteiger partial charge is 0.261 e. The van der Waals surface area contributed by atoms with Gasteiger partial charge < -0.3 is 4.90 Å². The van der Waals surface area contributed by atoms with Gasteiger partial charge >= 0.3 is 0 Å². The number of hydrogen-bond donors (Lipinski definition) is 1. The monoisotopic (exact) mass is 386 g/mol. The molecule has 6 heteroatoms. The van der Waals surface area contributed by atoms with Crippen molar-refractivity contribution in [3.8, 4) is 0 Å². The molecule has 2 aromatic rings. The predicted molar refractivity (Wildman–Crippen MR) is 107 cm³/mol. The lowest BCUT2D eigenvalue weighted by atomic mass is 10.1. The quantitative estimate of drug-likeness (QED) is 0.792. The molecule has 5 nitrogen and oxygen atoms in total. The van der Waals surface area contributed by atoms with Crippen molar-refractivity contribution in [3.05, 3.63) is 59.2 Å². The third kappa shape index (κ3) is 4.50. The van der Waals surface area contributed by atoms with Gasteiger partial charge in [-0.15, -0.1) is 0 Å². The Balaban J connectivity index is 1.71. The summed E-state index contributed by atoms with van der Waals surface area (Å²) >= 11 is 0. The van der Waals surface area contributed by atoms with Gasteiger partial charge in [-0.3, -0.25) is 9.52 Å². The van der Waals surface area contributed by atoms with Crippen LogP contribution in [0.25, 0.3) is 0 Å². The lowest BCUT2D eigenvalue weighted by molar-refractivity contribution is -0.127. The van der Waals surface area contributed by atoms with Gasteiger partial charge in [0.2, 0.25) is 5.91 Å². The minimum atomic E-state index is -3.64. The van der Waals surface area contributed by atoms with Crippen LogP contribution in [0.2, 0.25) is 0 Å². The number of nitrogens with zero attached hydrogens (tertiary/aromatic N) is 1. The van der Waals surface area contributed by atoms with Gasteiger partial charge in [-0.2, -0.15) is 0 Å². The molecule has 0 bridgehead atoms. The van der Waals surface area contributed by atoms with E-state index in [2.05, 4.69) is 4.72 Å². The van der Waals surface area contributed by atoms with E-state index in [1.54, 1.807) is 12.1 Å². The number of hydrogen-bond acceptors (Lipinski definition) is 3. The number of carbonyl (C=O) groups excluding carboxylic acids is 1. The van der Waals surface area contributed by atoms with Crippen molar-refractivity contribution >= 4 is 21.6 Å². The summed E-state index contributed by atoms with van der Waals surface area (Å²) in [7, 11) is -3.64. The highest BCUT2D eigenvalue weighted by atomic mass is 32.2. The van der Waals surface area contributed by atoms with Crippen molar-refractivity contribution in [2.45, 2.75) is 44.4 Å². The van der Waals surface area contributed by atoms with Gasteiger partial charge in [0, 0.05) is 19.5 Å². The molecule has 144 valence electrons. The van der Waals surface area contributed by atoms with Gasteiger partial charge in [0.15, 0.2) is 0 Å². The first-order valence-corrected chi connectivity index (χ1v) is 10.9. The molecule has 0 unspecified atom stereocenters. The minimum Gasteiger partial charge on any atom is -0.342 e. The first-order valence-electron chi connectivity index (χ1n) is 9.38. The van der Waals surface area contributed by atoms with Gasteiger partial charge in [-0.05, 0) is 55.0 Å². The van der Waals surface area contributed by atoms with Crippen molar-refractivity contribution in [1.82, 2.24) is 4.90 Å². The number of carbonyl (C=O) groups is 1.